The molecule has 0 aliphatic heterocycles. The van der Waals surface area contributed by atoms with E-state index in [1.807, 2.05) is 55.5 Å². The van der Waals surface area contributed by atoms with Crippen LogP contribution in [0.15, 0.2) is 60.7 Å². The molecule has 1 heterocycles. The molecule has 0 unspecified atom stereocenters. The van der Waals surface area contributed by atoms with Gasteiger partial charge in [-0.3, -0.25) is 4.79 Å². The van der Waals surface area contributed by atoms with Crippen molar-refractivity contribution in [3.63, 3.8) is 0 Å². The Morgan fingerprint density at radius 1 is 1.04 bits per heavy atom. The molecular weight excluding hydrogens is 324 g/mol. The number of nitrogens with zero attached hydrogens (tertiary/aromatic N) is 3. The third-order valence-electron chi connectivity index (χ3n) is 4.05. The summed E-state index contributed by atoms with van der Waals surface area (Å²) in [7, 11) is 0. The molecule has 132 valence electrons. The van der Waals surface area contributed by atoms with Crippen molar-refractivity contribution in [1.82, 2.24) is 9.97 Å². The topological polar surface area (TPSA) is 58.1 Å². The van der Waals surface area contributed by atoms with Crippen molar-refractivity contribution in [3.8, 4) is 0 Å². The highest BCUT2D eigenvalue weighted by Crippen LogP contribution is 2.26. The Morgan fingerprint density at radius 3 is 2.35 bits per heavy atom. The van der Waals surface area contributed by atoms with Gasteiger partial charge in [0.15, 0.2) is 5.78 Å². The maximum Gasteiger partial charge on any atom is 0.159 e. The molecule has 5 nitrogen and oxygen atoms in total. The van der Waals surface area contributed by atoms with Gasteiger partial charge in [-0.1, -0.05) is 18.2 Å². The molecule has 1 aromatic heterocycles. The minimum Gasteiger partial charge on any atom is -0.340 e. The smallest absolute Gasteiger partial charge is 0.159 e. The van der Waals surface area contributed by atoms with Crippen LogP contribution in [0.2, 0.25) is 0 Å². The fourth-order valence-corrected chi connectivity index (χ4v) is 2.78. The minimum atomic E-state index is 0.0539. The molecule has 0 fully saturated rings. The Balaban J connectivity index is 1.88. The fourth-order valence-electron chi connectivity index (χ4n) is 2.78. The van der Waals surface area contributed by atoms with Gasteiger partial charge in [0.25, 0.3) is 0 Å². The molecule has 2 aromatic carbocycles. The SMILES string of the molecule is CCN(c1ccccc1)c1cc(Nc2ccc(C(C)=O)cc2)nc(C)n1. The molecule has 0 saturated heterocycles. The normalized spacial score (nSPS) is 10.4. The summed E-state index contributed by atoms with van der Waals surface area (Å²) in [6, 6.07) is 19.5. The first kappa shape index (κ1) is 17.6. The lowest BCUT2D eigenvalue weighted by Crippen LogP contribution is -2.18. The van der Waals surface area contributed by atoms with Crippen molar-refractivity contribution >= 4 is 28.8 Å². The van der Waals surface area contributed by atoms with Crippen molar-refractivity contribution in [3.05, 3.63) is 72.1 Å². The van der Waals surface area contributed by atoms with Gasteiger partial charge in [0.1, 0.15) is 17.5 Å². The number of carbonyl (C=O) groups is 1. The number of benzene rings is 2. The second kappa shape index (κ2) is 7.78. The number of hydrogen-bond acceptors (Lipinski definition) is 5. The third kappa shape index (κ3) is 4.06. The Morgan fingerprint density at radius 2 is 1.73 bits per heavy atom. The van der Waals surface area contributed by atoms with Gasteiger partial charge < -0.3 is 10.2 Å². The predicted molar refractivity (Wildman–Crippen MR) is 106 cm³/mol. The number of rotatable bonds is 6. The predicted octanol–water partition coefficient (Wildman–Crippen LogP) is 4.89. The van der Waals surface area contributed by atoms with Crippen LogP contribution >= 0.6 is 0 Å². The highest BCUT2D eigenvalue weighted by Gasteiger charge is 2.11. The maximum atomic E-state index is 11.4. The lowest BCUT2D eigenvalue weighted by Gasteiger charge is -2.23. The molecule has 0 aliphatic carbocycles. The van der Waals surface area contributed by atoms with Crippen LogP contribution in [0.3, 0.4) is 0 Å². The zero-order valence-electron chi connectivity index (χ0n) is 15.2. The quantitative estimate of drug-likeness (QED) is 0.644. The van der Waals surface area contributed by atoms with Crippen molar-refractivity contribution in [2.45, 2.75) is 20.8 Å². The maximum absolute atomic E-state index is 11.4. The molecule has 0 atom stereocenters. The molecular formula is C21H22N4O. The number of hydrogen-bond donors (Lipinski definition) is 1. The average molecular weight is 346 g/mol. The molecule has 1 N–H and O–H groups in total. The summed E-state index contributed by atoms with van der Waals surface area (Å²) in [4.78, 5) is 22.6. The van der Waals surface area contributed by atoms with Crippen LogP contribution in [0, 0.1) is 6.92 Å². The Bertz CT molecular complexity index is 892. The molecule has 5 heteroatoms. The van der Waals surface area contributed by atoms with Gasteiger partial charge in [-0.2, -0.15) is 0 Å². The molecule has 3 aromatic rings. The van der Waals surface area contributed by atoms with Crippen LogP contribution in [-0.2, 0) is 0 Å². The summed E-state index contributed by atoms with van der Waals surface area (Å²) in [5, 5.41) is 3.29. The van der Waals surface area contributed by atoms with Crippen LogP contribution in [0.25, 0.3) is 0 Å². The van der Waals surface area contributed by atoms with Gasteiger partial charge in [-0.05, 0) is 57.2 Å². The summed E-state index contributed by atoms with van der Waals surface area (Å²) in [5.74, 6) is 2.31. The van der Waals surface area contributed by atoms with Crippen LogP contribution in [-0.4, -0.2) is 22.3 Å². The molecule has 26 heavy (non-hydrogen) atoms. The zero-order valence-corrected chi connectivity index (χ0v) is 15.2. The molecule has 0 aliphatic rings. The number of carbonyl (C=O) groups excluding carboxylic acids is 1. The van der Waals surface area contributed by atoms with Crippen LogP contribution in [0.5, 0.6) is 0 Å². The second-order valence-corrected chi connectivity index (χ2v) is 6.00. The van der Waals surface area contributed by atoms with E-state index in [-0.39, 0.29) is 5.78 Å². The van der Waals surface area contributed by atoms with Gasteiger partial charge in [-0.15, -0.1) is 0 Å². The Labute approximate surface area is 153 Å². The van der Waals surface area contributed by atoms with E-state index in [9.17, 15) is 4.79 Å². The van der Waals surface area contributed by atoms with Crippen LogP contribution < -0.4 is 10.2 Å². The van der Waals surface area contributed by atoms with E-state index >= 15 is 0 Å². The summed E-state index contributed by atoms with van der Waals surface area (Å²) < 4.78 is 0. The van der Waals surface area contributed by atoms with Gasteiger partial charge in [0, 0.05) is 29.5 Å². The van der Waals surface area contributed by atoms with Crippen molar-refractivity contribution in [2.24, 2.45) is 0 Å². The molecule has 0 radical (unpaired) electrons. The Kier molecular flexibility index (Phi) is 5.27. The number of aryl methyl sites for hydroxylation is 1. The van der Waals surface area contributed by atoms with Gasteiger partial charge in [0.2, 0.25) is 0 Å². The number of ketones is 1. The number of Topliss-reactive ketones (excluding diaryl/α,β-unsaturated/α-hetero) is 1. The summed E-state index contributed by atoms with van der Waals surface area (Å²) in [6.07, 6.45) is 0. The molecule has 0 saturated carbocycles. The monoisotopic (exact) mass is 346 g/mol. The van der Waals surface area contributed by atoms with Crippen molar-refractivity contribution < 1.29 is 4.79 Å². The first-order valence-corrected chi connectivity index (χ1v) is 8.63. The highest BCUT2D eigenvalue weighted by molar-refractivity contribution is 5.94. The van der Waals surface area contributed by atoms with Gasteiger partial charge in [-0.25, -0.2) is 9.97 Å². The van der Waals surface area contributed by atoms with E-state index in [2.05, 4.69) is 39.2 Å². The highest BCUT2D eigenvalue weighted by atomic mass is 16.1. The zero-order chi connectivity index (χ0) is 18.5. The lowest BCUT2D eigenvalue weighted by atomic mass is 10.1. The van der Waals surface area contributed by atoms with E-state index < -0.39 is 0 Å². The third-order valence-corrected chi connectivity index (χ3v) is 4.05. The second-order valence-electron chi connectivity index (χ2n) is 6.00. The van der Waals surface area contributed by atoms with E-state index in [1.54, 1.807) is 6.92 Å². The summed E-state index contributed by atoms with van der Waals surface area (Å²) in [6.45, 7) is 6.34. The van der Waals surface area contributed by atoms with E-state index in [0.29, 0.717) is 11.4 Å². The molecule has 0 spiro atoms. The summed E-state index contributed by atoms with van der Waals surface area (Å²) in [5.41, 5.74) is 2.66. The number of para-hydroxylation sites is 1. The fraction of sp³-hybridized carbons (Fsp3) is 0.190. The number of aromatic nitrogens is 2. The van der Waals surface area contributed by atoms with Crippen molar-refractivity contribution in [1.29, 1.82) is 0 Å². The van der Waals surface area contributed by atoms with E-state index in [0.717, 1.165) is 29.6 Å². The van der Waals surface area contributed by atoms with Crippen LogP contribution in [0.1, 0.15) is 30.0 Å². The van der Waals surface area contributed by atoms with E-state index in [1.165, 1.54) is 0 Å². The molecule has 0 bridgehead atoms. The minimum absolute atomic E-state index is 0.0539. The lowest BCUT2D eigenvalue weighted by molar-refractivity contribution is 0.101. The number of anilines is 4. The standard InChI is InChI=1S/C21H22N4O/c1-4-25(19-8-6-5-7-9-19)21-14-20(22-16(3)23-21)24-18-12-10-17(11-13-18)15(2)26/h5-14H,4H2,1-3H3,(H,22,23,24). The average Bonchev–Trinajstić information content (AvgIpc) is 2.63. The van der Waals surface area contributed by atoms with Crippen molar-refractivity contribution in [2.75, 3.05) is 16.8 Å². The first-order chi connectivity index (χ1) is 12.6. The number of nitrogens with one attached hydrogen (secondary N) is 1. The van der Waals surface area contributed by atoms with Gasteiger partial charge in [0.05, 0.1) is 0 Å². The first-order valence-electron chi connectivity index (χ1n) is 8.63. The summed E-state index contributed by atoms with van der Waals surface area (Å²) >= 11 is 0. The Hall–Kier alpha value is -3.21. The van der Waals surface area contributed by atoms with E-state index in [4.69, 9.17) is 0 Å². The molecule has 3 rings (SSSR count). The largest absolute Gasteiger partial charge is 0.340 e. The van der Waals surface area contributed by atoms with Gasteiger partial charge >= 0.3 is 0 Å². The molecule has 0 amide bonds. The van der Waals surface area contributed by atoms with Crippen LogP contribution in [0.4, 0.5) is 23.0 Å².